The Balaban J connectivity index is 1.65. The van der Waals surface area contributed by atoms with Gasteiger partial charge in [0.25, 0.3) is 11.5 Å². The Hall–Kier alpha value is -3.40. The fourth-order valence-electron chi connectivity index (χ4n) is 4.14. The number of fused-ring (bicyclic) bond motifs is 1. The van der Waals surface area contributed by atoms with Gasteiger partial charge in [0.2, 0.25) is 5.95 Å². The standard InChI is InChI=1S/C25H30ClFN6O3/c1-15(2)33-19-6-5-17(11-16(19)12-20(23(33)35)36-14-21(34)28-4)30-22-18(26)13-29-24(31-22)32-9-7-25(3,27)8-10-32/h5-6,11-13,15H,7-10,14H2,1-4H3,(H,28,34)(H,29,30,31). The van der Waals surface area contributed by atoms with Crippen LogP contribution in [0.3, 0.4) is 0 Å². The second-order valence-corrected chi connectivity index (χ2v) is 9.81. The predicted molar refractivity (Wildman–Crippen MR) is 139 cm³/mol. The number of likely N-dealkylation sites (N-methyl/N-ethyl adjacent to an activating group) is 1. The quantitative estimate of drug-likeness (QED) is 0.484. The van der Waals surface area contributed by atoms with E-state index in [0.717, 1.165) is 10.9 Å². The van der Waals surface area contributed by atoms with Crippen LogP contribution >= 0.6 is 11.6 Å². The summed E-state index contributed by atoms with van der Waals surface area (Å²) in [7, 11) is 1.50. The van der Waals surface area contributed by atoms with Crippen molar-refractivity contribution in [3.63, 3.8) is 0 Å². The molecule has 0 atom stereocenters. The number of amides is 1. The maximum absolute atomic E-state index is 14.2. The minimum absolute atomic E-state index is 0.0873. The number of benzene rings is 1. The van der Waals surface area contributed by atoms with E-state index < -0.39 is 5.67 Å². The zero-order chi connectivity index (χ0) is 26.0. The molecule has 11 heteroatoms. The molecular weight excluding hydrogens is 487 g/mol. The fraction of sp³-hybridized carbons (Fsp3) is 0.440. The van der Waals surface area contributed by atoms with E-state index in [1.807, 2.05) is 36.9 Å². The summed E-state index contributed by atoms with van der Waals surface area (Å²) >= 11 is 6.38. The molecule has 0 spiro atoms. The summed E-state index contributed by atoms with van der Waals surface area (Å²) in [5.41, 5.74) is -0.0638. The number of rotatable bonds is 7. The average molecular weight is 517 g/mol. The van der Waals surface area contributed by atoms with Crippen molar-refractivity contribution in [1.82, 2.24) is 19.9 Å². The number of aromatic nitrogens is 3. The second-order valence-electron chi connectivity index (χ2n) is 9.40. The number of anilines is 3. The predicted octanol–water partition coefficient (Wildman–Crippen LogP) is 4.22. The van der Waals surface area contributed by atoms with Crippen molar-refractivity contribution in [2.45, 2.75) is 45.3 Å². The fourth-order valence-corrected chi connectivity index (χ4v) is 4.28. The van der Waals surface area contributed by atoms with Gasteiger partial charge in [-0.1, -0.05) is 11.6 Å². The lowest BCUT2D eigenvalue weighted by Gasteiger charge is -2.34. The SMILES string of the molecule is CNC(=O)COc1cc2cc(Nc3nc(N4CCC(C)(F)CC4)ncc3Cl)ccc2n(C(C)C)c1=O. The summed E-state index contributed by atoms with van der Waals surface area (Å²) in [5.74, 6) is 0.656. The third-order valence-corrected chi connectivity index (χ3v) is 6.52. The molecule has 0 unspecified atom stereocenters. The molecule has 1 aliphatic rings. The number of piperidine rings is 1. The van der Waals surface area contributed by atoms with Gasteiger partial charge in [0, 0.05) is 37.3 Å². The van der Waals surface area contributed by atoms with Gasteiger partial charge in [-0.2, -0.15) is 4.98 Å². The molecule has 36 heavy (non-hydrogen) atoms. The van der Waals surface area contributed by atoms with Crippen LogP contribution in [0.15, 0.2) is 35.3 Å². The van der Waals surface area contributed by atoms with E-state index >= 15 is 0 Å². The van der Waals surface area contributed by atoms with E-state index in [4.69, 9.17) is 16.3 Å². The van der Waals surface area contributed by atoms with Crippen LogP contribution in [0, 0.1) is 0 Å². The topological polar surface area (TPSA) is 101 Å². The molecule has 3 aromatic rings. The normalized spacial score (nSPS) is 15.2. The summed E-state index contributed by atoms with van der Waals surface area (Å²) < 4.78 is 21.4. The maximum Gasteiger partial charge on any atom is 0.293 e. The van der Waals surface area contributed by atoms with Gasteiger partial charge in [0.1, 0.15) is 10.7 Å². The lowest BCUT2D eigenvalue weighted by molar-refractivity contribution is -0.122. The van der Waals surface area contributed by atoms with E-state index in [1.54, 1.807) is 17.6 Å². The van der Waals surface area contributed by atoms with E-state index in [-0.39, 0.29) is 29.9 Å². The van der Waals surface area contributed by atoms with Gasteiger partial charge >= 0.3 is 0 Å². The van der Waals surface area contributed by atoms with Crippen LogP contribution in [0.1, 0.15) is 39.7 Å². The number of pyridine rings is 1. The highest BCUT2D eigenvalue weighted by Crippen LogP contribution is 2.31. The molecule has 0 bridgehead atoms. The number of nitrogens with zero attached hydrogens (tertiary/aromatic N) is 4. The minimum atomic E-state index is -1.17. The number of carbonyl (C=O) groups is 1. The highest BCUT2D eigenvalue weighted by Gasteiger charge is 2.30. The third-order valence-electron chi connectivity index (χ3n) is 6.24. The van der Waals surface area contributed by atoms with Crippen LogP contribution < -0.4 is 25.8 Å². The molecule has 192 valence electrons. The molecule has 0 radical (unpaired) electrons. The molecule has 3 heterocycles. The van der Waals surface area contributed by atoms with Gasteiger partial charge in [0.15, 0.2) is 18.2 Å². The highest BCUT2D eigenvalue weighted by atomic mass is 35.5. The molecule has 2 N–H and O–H groups in total. The average Bonchev–Trinajstić information content (AvgIpc) is 2.83. The number of alkyl halides is 1. The Kier molecular flexibility index (Phi) is 7.35. The van der Waals surface area contributed by atoms with Crippen LogP contribution in [-0.4, -0.2) is 52.9 Å². The van der Waals surface area contributed by atoms with Gasteiger partial charge in [0.05, 0.1) is 11.7 Å². The van der Waals surface area contributed by atoms with Crippen molar-refractivity contribution in [1.29, 1.82) is 0 Å². The van der Waals surface area contributed by atoms with E-state index in [9.17, 15) is 14.0 Å². The first-order valence-electron chi connectivity index (χ1n) is 11.8. The number of nitrogens with one attached hydrogen (secondary N) is 2. The first-order chi connectivity index (χ1) is 17.1. The summed E-state index contributed by atoms with van der Waals surface area (Å²) in [6, 6.07) is 7.02. The van der Waals surface area contributed by atoms with Crippen molar-refractivity contribution in [2.75, 3.05) is 37.0 Å². The molecule has 9 nitrogen and oxygen atoms in total. The molecule has 1 aliphatic heterocycles. The molecule has 0 aliphatic carbocycles. The lowest BCUT2D eigenvalue weighted by Crippen LogP contribution is -2.40. The molecule has 1 saturated heterocycles. The van der Waals surface area contributed by atoms with Crippen LogP contribution in [0.2, 0.25) is 5.02 Å². The first-order valence-corrected chi connectivity index (χ1v) is 12.2. The largest absolute Gasteiger partial charge is 0.478 e. The van der Waals surface area contributed by atoms with Crippen molar-refractivity contribution < 1.29 is 13.9 Å². The Morgan fingerprint density at radius 2 is 2.00 bits per heavy atom. The summed E-state index contributed by atoms with van der Waals surface area (Å²) in [6.07, 6.45) is 2.35. The molecule has 1 aromatic carbocycles. The number of ether oxygens (including phenoxy) is 1. The first kappa shape index (κ1) is 25.7. The van der Waals surface area contributed by atoms with Gasteiger partial charge in [-0.25, -0.2) is 9.37 Å². The van der Waals surface area contributed by atoms with Gasteiger partial charge in [-0.05, 0) is 57.9 Å². The van der Waals surface area contributed by atoms with Crippen molar-refractivity contribution in [2.24, 2.45) is 0 Å². The summed E-state index contributed by atoms with van der Waals surface area (Å²) in [4.78, 5) is 35.5. The Bertz CT molecular complexity index is 1330. The summed E-state index contributed by atoms with van der Waals surface area (Å²) in [6.45, 7) is 6.22. The van der Waals surface area contributed by atoms with Crippen molar-refractivity contribution >= 4 is 45.9 Å². The van der Waals surface area contributed by atoms with E-state index in [0.29, 0.717) is 48.4 Å². The molecule has 4 rings (SSSR count). The molecule has 0 saturated carbocycles. The van der Waals surface area contributed by atoms with Gasteiger partial charge in [-0.3, -0.25) is 9.59 Å². The molecule has 1 amide bonds. The molecule has 2 aromatic heterocycles. The van der Waals surface area contributed by atoms with Gasteiger partial charge < -0.3 is 24.8 Å². The van der Waals surface area contributed by atoms with Gasteiger partial charge in [-0.15, -0.1) is 0 Å². The van der Waals surface area contributed by atoms with Crippen LogP contribution in [-0.2, 0) is 4.79 Å². The maximum atomic E-state index is 14.2. The lowest BCUT2D eigenvalue weighted by atomic mass is 9.96. The molecular formula is C25H30ClFN6O3. The smallest absolute Gasteiger partial charge is 0.293 e. The van der Waals surface area contributed by atoms with E-state index in [1.165, 1.54) is 13.2 Å². The van der Waals surface area contributed by atoms with E-state index in [2.05, 4.69) is 20.6 Å². The summed E-state index contributed by atoms with van der Waals surface area (Å²) in [5, 5.41) is 6.78. The number of carbonyl (C=O) groups excluding carboxylic acids is 1. The Morgan fingerprint density at radius 1 is 1.28 bits per heavy atom. The number of hydrogen-bond acceptors (Lipinski definition) is 7. The Morgan fingerprint density at radius 3 is 2.67 bits per heavy atom. The number of halogens is 2. The van der Waals surface area contributed by atoms with Crippen LogP contribution in [0.4, 0.5) is 21.8 Å². The van der Waals surface area contributed by atoms with Crippen molar-refractivity contribution in [3.05, 3.63) is 45.8 Å². The Labute approximate surface area is 213 Å². The highest BCUT2D eigenvalue weighted by molar-refractivity contribution is 6.32. The van der Waals surface area contributed by atoms with Crippen molar-refractivity contribution in [3.8, 4) is 5.75 Å². The molecule has 1 fully saturated rings. The third kappa shape index (κ3) is 5.53. The minimum Gasteiger partial charge on any atom is -0.478 e. The zero-order valence-corrected chi connectivity index (χ0v) is 21.5. The monoisotopic (exact) mass is 516 g/mol. The second kappa shape index (κ2) is 10.3. The van der Waals surface area contributed by atoms with Crippen LogP contribution in [0.25, 0.3) is 10.9 Å². The van der Waals surface area contributed by atoms with Crippen LogP contribution in [0.5, 0.6) is 5.75 Å². The number of hydrogen-bond donors (Lipinski definition) is 2. The zero-order valence-electron chi connectivity index (χ0n) is 20.8.